The van der Waals surface area contributed by atoms with E-state index < -0.39 is 0 Å². The first kappa shape index (κ1) is 7.98. The summed E-state index contributed by atoms with van der Waals surface area (Å²) in [4.78, 5) is 0. The molecular formula is C8H13N3S. The first-order valence-electron chi connectivity index (χ1n) is 4.39. The van der Waals surface area contributed by atoms with Crippen molar-refractivity contribution in [3.63, 3.8) is 0 Å². The van der Waals surface area contributed by atoms with Crippen LogP contribution < -0.4 is 0 Å². The van der Waals surface area contributed by atoms with E-state index in [1.807, 2.05) is 0 Å². The highest BCUT2D eigenvalue weighted by molar-refractivity contribution is 7.71. The van der Waals surface area contributed by atoms with Gasteiger partial charge in [-0.15, -0.1) is 0 Å². The van der Waals surface area contributed by atoms with Crippen LogP contribution in [0.15, 0.2) is 0 Å². The van der Waals surface area contributed by atoms with Crippen molar-refractivity contribution in [3.8, 4) is 0 Å². The van der Waals surface area contributed by atoms with Gasteiger partial charge >= 0.3 is 0 Å². The number of nitrogens with one attached hydrogen (secondary N) is 1. The summed E-state index contributed by atoms with van der Waals surface area (Å²) in [7, 11) is 0. The Kier molecular flexibility index (Phi) is 1.79. The predicted molar refractivity (Wildman–Crippen MR) is 49.6 cm³/mol. The highest BCUT2D eigenvalue weighted by Gasteiger charge is 2.37. The molecule has 0 bridgehead atoms. The van der Waals surface area contributed by atoms with Crippen molar-refractivity contribution >= 4 is 12.2 Å². The summed E-state index contributed by atoms with van der Waals surface area (Å²) >= 11 is 5.10. The quantitative estimate of drug-likeness (QED) is 0.712. The zero-order valence-electron chi connectivity index (χ0n) is 7.37. The van der Waals surface area contributed by atoms with Gasteiger partial charge in [0.2, 0.25) is 0 Å². The van der Waals surface area contributed by atoms with E-state index in [-0.39, 0.29) is 0 Å². The lowest BCUT2D eigenvalue weighted by molar-refractivity contribution is 0.679. The number of aromatic nitrogens is 3. The number of rotatable bonds is 2. The van der Waals surface area contributed by atoms with Crippen LogP contribution in [0.2, 0.25) is 0 Å². The molecule has 66 valence electrons. The Labute approximate surface area is 76.8 Å². The molecule has 1 heterocycles. The highest BCUT2D eigenvalue weighted by Crippen LogP contribution is 2.45. The van der Waals surface area contributed by atoms with Crippen LogP contribution in [0.1, 0.15) is 32.0 Å². The summed E-state index contributed by atoms with van der Waals surface area (Å²) in [6.07, 6.45) is 1.26. The van der Waals surface area contributed by atoms with Gasteiger partial charge in [-0.25, -0.2) is 0 Å². The Hall–Kier alpha value is -0.640. The molecule has 0 saturated heterocycles. The maximum atomic E-state index is 5.10. The molecular weight excluding hydrogens is 170 g/mol. The van der Waals surface area contributed by atoms with Gasteiger partial charge in [-0.3, -0.25) is 5.10 Å². The molecule has 3 nitrogen and oxygen atoms in total. The van der Waals surface area contributed by atoms with Crippen LogP contribution in [0.4, 0.5) is 0 Å². The third-order valence-corrected chi connectivity index (χ3v) is 2.86. The molecule has 4 heteroatoms. The fourth-order valence-electron chi connectivity index (χ4n) is 1.60. The third-order valence-electron chi connectivity index (χ3n) is 2.55. The minimum absolute atomic E-state index is 0.651. The molecule has 0 spiro atoms. The van der Waals surface area contributed by atoms with E-state index in [4.69, 9.17) is 12.2 Å². The Morgan fingerprint density at radius 2 is 2.42 bits per heavy atom. The molecule has 0 radical (unpaired) electrons. The van der Waals surface area contributed by atoms with Crippen molar-refractivity contribution < 1.29 is 0 Å². The van der Waals surface area contributed by atoms with Crippen molar-refractivity contribution in [2.75, 3.05) is 0 Å². The molecule has 1 fully saturated rings. The summed E-state index contributed by atoms with van der Waals surface area (Å²) in [6.45, 7) is 5.28. The van der Waals surface area contributed by atoms with Crippen molar-refractivity contribution in [1.82, 2.24) is 14.8 Å². The average molecular weight is 183 g/mol. The summed E-state index contributed by atoms with van der Waals surface area (Å²) in [5.74, 6) is 2.59. The summed E-state index contributed by atoms with van der Waals surface area (Å²) in [5.41, 5.74) is 0. The Balaban J connectivity index is 2.37. The minimum atomic E-state index is 0.651. The number of hydrogen-bond donors (Lipinski definition) is 1. The van der Waals surface area contributed by atoms with Crippen molar-refractivity contribution in [1.29, 1.82) is 0 Å². The molecule has 1 N–H and O–H groups in total. The van der Waals surface area contributed by atoms with E-state index >= 15 is 0 Å². The molecule has 2 unspecified atom stereocenters. The second-order valence-electron chi connectivity index (χ2n) is 3.45. The Morgan fingerprint density at radius 1 is 1.75 bits per heavy atom. The topological polar surface area (TPSA) is 33.6 Å². The van der Waals surface area contributed by atoms with E-state index in [9.17, 15) is 0 Å². The molecule has 1 aliphatic carbocycles. The number of nitrogens with zero attached hydrogens (tertiary/aromatic N) is 2. The van der Waals surface area contributed by atoms with Gasteiger partial charge in [0, 0.05) is 12.5 Å². The van der Waals surface area contributed by atoms with Crippen LogP contribution in [0, 0.1) is 10.7 Å². The summed E-state index contributed by atoms with van der Waals surface area (Å²) in [5, 5.41) is 7.09. The monoisotopic (exact) mass is 183 g/mol. The second-order valence-corrected chi connectivity index (χ2v) is 3.84. The zero-order chi connectivity index (χ0) is 8.72. The standard InChI is InChI=1S/C8H13N3S/c1-3-11-7(6-4-5(6)2)9-10-8(11)12/h5-6H,3-4H2,1-2H3,(H,10,12). The molecule has 2 rings (SSSR count). The fourth-order valence-corrected chi connectivity index (χ4v) is 1.87. The lowest BCUT2D eigenvalue weighted by atomic mass is 10.3. The second kappa shape index (κ2) is 2.69. The van der Waals surface area contributed by atoms with Gasteiger partial charge in [0.05, 0.1) is 0 Å². The molecule has 2 atom stereocenters. The molecule has 12 heavy (non-hydrogen) atoms. The van der Waals surface area contributed by atoms with Crippen molar-refractivity contribution in [3.05, 3.63) is 10.6 Å². The van der Waals surface area contributed by atoms with Gasteiger partial charge in [0.1, 0.15) is 5.82 Å². The number of aromatic amines is 1. The lowest BCUT2D eigenvalue weighted by Gasteiger charge is -2.00. The van der Waals surface area contributed by atoms with Crippen LogP contribution in [-0.4, -0.2) is 14.8 Å². The predicted octanol–water partition coefficient (Wildman–Crippen LogP) is 2.08. The summed E-state index contributed by atoms with van der Waals surface area (Å²) in [6, 6.07) is 0. The van der Waals surface area contributed by atoms with Crippen LogP contribution in [0.25, 0.3) is 0 Å². The zero-order valence-corrected chi connectivity index (χ0v) is 8.19. The van der Waals surface area contributed by atoms with E-state index in [2.05, 4.69) is 28.6 Å². The summed E-state index contributed by atoms with van der Waals surface area (Å²) < 4.78 is 2.84. The van der Waals surface area contributed by atoms with Crippen molar-refractivity contribution in [2.45, 2.75) is 32.7 Å². The largest absolute Gasteiger partial charge is 0.304 e. The lowest BCUT2D eigenvalue weighted by Crippen LogP contribution is -2.00. The van der Waals surface area contributed by atoms with Crippen LogP contribution in [0.5, 0.6) is 0 Å². The fraction of sp³-hybridized carbons (Fsp3) is 0.750. The molecule has 0 aliphatic heterocycles. The normalized spacial score (nSPS) is 27.5. The van der Waals surface area contributed by atoms with E-state index in [0.717, 1.165) is 23.1 Å². The van der Waals surface area contributed by atoms with Gasteiger partial charge in [0.25, 0.3) is 0 Å². The number of hydrogen-bond acceptors (Lipinski definition) is 2. The third kappa shape index (κ3) is 1.10. The average Bonchev–Trinajstić information content (AvgIpc) is 2.63. The molecule has 0 amide bonds. The van der Waals surface area contributed by atoms with Gasteiger partial charge in [-0.05, 0) is 31.5 Å². The van der Waals surface area contributed by atoms with E-state index in [1.54, 1.807) is 0 Å². The van der Waals surface area contributed by atoms with E-state index in [0.29, 0.717) is 5.92 Å². The molecule has 1 aliphatic rings. The van der Waals surface area contributed by atoms with E-state index in [1.165, 1.54) is 6.42 Å². The SMILES string of the molecule is CCn1c(C2CC2C)n[nH]c1=S. The first-order chi connectivity index (χ1) is 5.74. The van der Waals surface area contributed by atoms with Gasteiger partial charge in [-0.1, -0.05) is 6.92 Å². The van der Waals surface area contributed by atoms with Crippen molar-refractivity contribution in [2.24, 2.45) is 5.92 Å². The molecule has 1 aromatic heterocycles. The van der Waals surface area contributed by atoms with Crippen LogP contribution >= 0.6 is 12.2 Å². The van der Waals surface area contributed by atoms with Gasteiger partial charge in [-0.2, -0.15) is 5.10 Å². The molecule has 0 aromatic carbocycles. The Morgan fingerprint density at radius 3 is 2.92 bits per heavy atom. The Bertz CT molecular complexity index is 338. The highest BCUT2D eigenvalue weighted by atomic mass is 32.1. The van der Waals surface area contributed by atoms with Gasteiger partial charge in [0.15, 0.2) is 4.77 Å². The van der Waals surface area contributed by atoms with Gasteiger partial charge < -0.3 is 4.57 Å². The maximum absolute atomic E-state index is 5.10. The number of H-pyrrole nitrogens is 1. The first-order valence-corrected chi connectivity index (χ1v) is 4.80. The van der Waals surface area contributed by atoms with Crippen LogP contribution in [-0.2, 0) is 6.54 Å². The molecule has 1 aromatic rings. The van der Waals surface area contributed by atoms with Crippen LogP contribution in [0.3, 0.4) is 0 Å². The minimum Gasteiger partial charge on any atom is -0.304 e. The smallest absolute Gasteiger partial charge is 0.195 e. The molecule has 1 saturated carbocycles. The maximum Gasteiger partial charge on any atom is 0.195 e.